The fourth-order valence-corrected chi connectivity index (χ4v) is 3.94. The number of hydrogen-bond donors (Lipinski definition) is 3. The van der Waals surface area contributed by atoms with Crippen molar-refractivity contribution in [3.8, 4) is 11.3 Å². The van der Waals surface area contributed by atoms with Gasteiger partial charge in [-0.2, -0.15) is 13.2 Å². The summed E-state index contributed by atoms with van der Waals surface area (Å²) in [6.45, 7) is 2.91. The molecule has 1 saturated heterocycles. The van der Waals surface area contributed by atoms with E-state index in [4.69, 9.17) is 38.8 Å². The largest absolute Gasteiger partial charge is 0.490 e. The standard InChI is InChI=1S/C19H18Cl2N6O2.C2HF3O2/c1-10-13(7-22)17(12-3-2-11(20)6-14(12)21)27-8-15(25-19(27)24-10)18(29)26-5-4-23-16(28)9-26;3-2(4,5)1(6)7/h2-3,6,8H,4-5,7,9,22H2,1H3,(H,23,28);(H,6,7). The van der Waals surface area contributed by atoms with E-state index in [1.54, 1.807) is 28.8 Å². The molecule has 0 radical (unpaired) electrons. The number of rotatable bonds is 3. The predicted octanol–water partition coefficient (Wildman–Crippen LogP) is 2.68. The molecule has 36 heavy (non-hydrogen) atoms. The van der Waals surface area contributed by atoms with Crippen molar-refractivity contribution < 1.29 is 32.7 Å². The Morgan fingerprint density at radius 2 is 1.92 bits per heavy atom. The van der Waals surface area contributed by atoms with Gasteiger partial charge in [-0.1, -0.05) is 23.2 Å². The number of carbonyl (C=O) groups excluding carboxylic acids is 2. The Labute approximate surface area is 211 Å². The second-order valence-electron chi connectivity index (χ2n) is 7.53. The molecule has 0 bridgehead atoms. The van der Waals surface area contributed by atoms with Gasteiger partial charge in [-0.05, 0) is 25.1 Å². The number of nitrogens with zero attached hydrogens (tertiary/aromatic N) is 4. The summed E-state index contributed by atoms with van der Waals surface area (Å²) >= 11 is 12.5. The number of nitrogens with one attached hydrogen (secondary N) is 1. The summed E-state index contributed by atoms with van der Waals surface area (Å²) in [4.78, 5) is 43.8. The van der Waals surface area contributed by atoms with Crippen LogP contribution in [0.15, 0.2) is 24.4 Å². The van der Waals surface area contributed by atoms with Crippen LogP contribution in [0.1, 0.15) is 21.7 Å². The molecular weight excluding hydrogens is 528 g/mol. The Morgan fingerprint density at radius 1 is 1.25 bits per heavy atom. The van der Waals surface area contributed by atoms with Crippen LogP contribution in [0.3, 0.4) is 0 Å². The minimum absolute atomic E-state index is 0.00306. The molecule has 3 aromatic rings. The van der Waals surface area contributed by atoms with E-state index in [0.29, 0.717) is 45.9 Å². The normalized spacial score (nSPS) is 13.8. The van der Waals surface area contributed by atoms with Gasteiger partial charge in [0.15, 0.2) is 0 Å². The molecule has 192 valence electrons. The van der Waals surface area contributed by atoms with Crippen LogP contribution in [-0.4, -0.2) is 68.0 Å². The molecule has 0 saturated carbocycles. The number of halogens is 5. The molecule has 1 aromatic carbocycles. The monoisotopic (exact) mass is 546 g/mol. The van der Waals surface area contributed by atoms with Crippen LogP contribution in [-0.2, 0) is 16.1 Å². The third-order valence-corrected chi connectivity index (χ3v) is 5.64. The lowest BCUT2D eigenvalue weighted by atomic mass is 10.0. The van der Waals surface area contributed by atoms with Gasteiger partial charge < -0.3 is 21.1 Å². The highest BCUT2D eigenvalue weighted by Gasteiger charge is 2.38. The minimum atomic E-state index is -5.08. The van der Waals surface area contributed by atoms with Crippen molar-refractivity contribution in [1.82, 2.24) is 24.6 Å². The number of amides is 2. The molecule has 1 aliphatic rings. The Bertz CT molecular complexity index is 1350. The van der Waals surface area contributed by atoms with Crippen LogP contribution in [0.2, 0.25) is 10.0 Å². The van der Waals surface area contributed by atoms with Gasteiger partial charge in [0.2, 0.25) is 11.7 Å². The predicted molar refractivity (Wildman–Crippen MR) is 124 cm³/mol. The van der Waals surface area contributed by atoms with Gasteiger partial charge in [0.25, 0.3) is 5.91 Å². The second kappa shape index (κ2) is 10.7. The topological polar surface area (TPSA) is 143 Å². The summed E-state index contributed by atoms with van der Waals surface area (Å²) in [6, 6.07) is 5.18. The van der Waals surface area contributed by atoms with Crippen LogP contribution in [0.25, 0.3) is 17.0 Å². The lowest BCUT2D eigenvalue weighted by Crippen LogP contribution is -2.50. The van der Waals surface area contributed by atoms with E-state index in [1.165, 1.54) is 4.90 Å². The third-order valence-electron chi connectivity index (χ3n) is 5.10. The highest BCUT2D eigenvalue weighted by atomic mass is 35.5. The lowest BCUT2D eigenvalue weighted by Gasteiger charge is -2.25. The number of aliphatic carboxylic acids is 1. The fraction of sp³-hybridized carbons (Fsp3) is 0.286. The molecule has 0 spiro atoms. The van der Waals surface area contributed by atoms with Gasteiger partial charge in [-0.25, -0.2) is 14.8 Å². The van der Waals surface area contributed by atoms with Gasteiger partial charge in [-0.15, -0.1) is 0 Å². The fourth-order valence-electron chi connectivity index (χ4n) is 3.44. The third kappa shape index (κ3) is 5.86. The summed E-state index contributed by atoms with van der Waals surface area (Å²) in [5, 5.41) is 10.8. The molecule has 0 atom stereocenters. The lowest BCUT2D eigenvalue weighted by molar-refractivity contribution is -0.192. The smallest absolute Gasteiger partial charge is 0.475 e. The van der Waals surface area contributed by atoms with Gasteiger partial charge in [-0.3, -0.25) is 14.0 Å². The maximum absolute atomic E-state index is 12.9. The average molecular weight is 547 g/mol. The van der Waals surface area contributed by atoms with Gasteiger partial charge in [0, 0.05) is 47.7 Å². The Hall–Kier alpha value is -3.42. The number of piperazine rings is 1. The van der Waals surface area contributed by atoms with Crippen LogP contribution >= 0.6 is 23.2 Å². The van der Waals surface area contributed by atoms with Crippen molar-refractivity contribution >= 4 is 46.8 Å². The van der Waals surface area contributed by atoms with E-state index in [-0.39, 0.29) is 30.6 Å². The number of carboxylic acids is 1. The van der Waals surface area contributed by atoms with Crippen molar-refractivity contribution in [2.24, 2.45) is 5.73 Å². The molecule has 10 nitrogen and oxygen atoms in total. The number of imidazole rings is 1. The van der Waals surface area contributed by atoms with Gasteiger partial charge >= 0.3 is 12.1 Å². The van der Waals surface area contributed by atoms with E-state index < -0.39 is 12.1 Å². The molecule has 0 aliphatic carbocycles. The van der Waals surface area contributed by atoms with Crippen LogP contribution < -0.4 is 11.1 Å². The van der Waals surface area contributed by atoms with Crippen molar-refractivity contribution in [3.05, 3.63) is 51.4 Å². The number of nitrogens with two attached hydrogens (primary N) is 1. The zero-order valence-corrected chi connectivity index (χ0v) is 20.1. The number of carboxylic acid groups (broad SMARTS) is 1. The molecule has 2 amide bonds. The molecule has 2 aromatic heterocycles. The SMILES string of the molecule is Cc1nc2nc(C(=O)N3CCNC(=O)C3)cn2c(-c2ccc(Cl)cc2Cl)c1CN.O=C(O)C(F)(F)F. The molecule has 0 unspecified atom stereocenters. The quantitative estimate of drug-likeness (QED) is 0.458. The first-order valence-corrected chi connectivity index (χ1v) is 11.0. The molecule has 3 heterocycles. The van der Waals surface area contributed by atoms with Crippen LogP contribution in [0.4, 0.5) is 13.2 Å². The number of carbonyl (C=O) groups is 3. The Morgan fingerprint density at radius 3 is 2.47 bits per heavy atom. The van der Waals surface area contributed by atoms with Crippen LogP contribution in [0.5, 0.6) is 0 Å². The summed E-state index contributed by atoms with van der Waals surface area (Å²) in [6.07, 6.45) is -3.48. The molecule has 1 fully saturated rings. The van der Waals surface area contributed by atoms with E-state index in [9.17, 15) is 22.8 Å². The van der Waals surface area contributed by atoms with Crippen molar-refractivity contribution in [3.63, 3.8) is 0 Å². The van der Waals surface area contributed by atoms with E-state index in [0.717, 1.165) is 5.56 Å². The maximum atomic E-state index is 12.9. The number of aromatic nitrogens is 3. The highest BCUT2D eigenvalue weighted by Crippen LogP contribution is 2.34. The maximum Gasteiger partial charge on any atom is 0.490 e. The van der Waals surface area contributed by atoms with Crippen LogP contribution in [0, 0.1) is 6.92 Å². The van der Waals surface area contributed by atoms with E-state index >= 15 is 0 Å². The first-order valence-electron chi connectivity index (χ1n) is 10.2. The minimum Gasteiger partial charge on any atom is -0.475 e. The molecule has 1 aliphatic heterocycles. The second-order valence-corrected chi connectivity index (χ2v) is 8.37. The van der Waals surface area contributed by atoms with Crippen molar-refractivity contribution in [2.75, 3.05) is 19.6 Å². The summed E-state index contributed by atoms with van der Waals surface area (Å²) in [5.74, 6) is -2.93. The molecule has 4 rings (SSSR count). The van der Waals surface area contributed by atoms with Crippen molar-refractivity contribution in [2.45, 2.75) is 19.6 Å². The average Bonchev–Trinajstić information content (AvgIpc) is 3.21. The number of benzene rings is 1. The molecular formula is C21H19Cl2F3N6O4. The van der Waals surface area contributed by atoms with E-state index in [1.807, 2.05) is 6.92 Å². The zero-order chi connectivity index (χ0) is 26.8. The number of aryl methyl sites for hydroxylation is 1. The number of hydrogen-bond acceptors (Lipinski definition) is 6. The number of alkyl halides is 3. The summed E-state index contributed by atoms with van der Waals surface area (Å²) in [5.41, 5.74) is 9.10. The van der Waals surface area contributed by atoms with E-state index in [2.05, 4.69) is 15.3 Å². The first kappa shape index (κ1) is 27.2. The molecule has 15 heteroatoms. The highest BCUT2D eigenvalue weighted by molar-refractivity contribution is 6.36. The zero-order valence-electron chi connectivity index (χ0n) is 18.6. The Kier molecular flexibility index (Phi) is 8.06. The Balaban J connectivity index is 0.000000454. The van der Waals surface area contributed by atoms with Gasteiger partial charge in [0.05, 0.1) is 17.3 Å². The molecule has 4 N–H and O–H groups in total. The summed E-state index contributed by atoms with van der Waals surface area (Å²) < 4.78 is 33.4. The first-order chi connectivity index (χ1) is 16.8. The number of fused-ring (bicyclic) bond motifs is 1. The van der Waals surface area contributed by atoms with Crippen molar-refractivity contribution in [1.29, 1.82) is 0 Å². The van der Waals surface area contributed by atoms with Gasteiger partial charge in [0.1, 0.15) is 5.69 Å². The summed E-state index contributed by atoms with van der Waals surface area (Å²) in [7, 11) is 0.